The van der Waals surface area contributed by atoms with E-state index in [0.29, 0.717) is 12.3 Å². The highest BCUT2D eigenvalue weighted by molar-refractivity contribution is 5.52. The third-order valence-electron chi connectivity index (χ3n) is 1.86. The molecule has 13 heavy (non-hydrogen) atoms. The highest BCUT2D eigenvalue weighted by Crippen LogP contribution is 2.17. The fourth-order valence-corrected chi connectivity index (χ4v) is 1.10. The first kappa shape index (κ1) is 9.81. The standard InChI is InChI=1S/C11H15NO/c1-9-8-10(4-2-3-7-12)5-6-11(9)13/h2,4-6,8,13H,3,7,12H2,1H3. The monoisotopic (exact) mass is 177 g/mol. The van der Waals surface area contributed by atoms with Gasteiger partial charge in [0.05, 0.1) is 0 Å². The second kappa shape index (κ2) is 4.67. The van der Waals surface area contributed by atoms with Crippen LogP contribution < -0.4 is 5.73 Å². The zero-order chi connectivity index (χ0) is 9.68. The van der Waals surface area contributed by atoms with Crippen molar-refractivity contribution >= 4 is 6.08 Å². The Morgan fingerprint density at radius 2 is 2.23 bits per heavy atom. The van der Waals surface area contributed by atoms with E-state index in [0.717, 1.165) is 17.5 Å². The summed E-state index contributed by atoms with van der Waals surface area (Å²) in [6.07, 6.45) is 4.94. The molecule has 0 unspecified atom stereocenters. The minimum absolute atomic E-state index is 0.343. The molecule has 0 aromatic heterocycles. The Morgan fingerprint density at radius 3 is 2.85 bits per heavy atom. The molecule has 1 rings (SSSR count). The van der Waals surface area contributed by atoms with E-state index < -0.39 is 0 Å². The van der Waals surface area contributed by atoms with Crippen LogP contribution >= 0.6 is 0 Å². The molecule has 0 aliphatic rings. The summed E-state index contributed by atoms with van der Waals surface area (Å²) in [5.74, 6) is 0.343. The molecule has 0 spiro atoms. The van der Waals surface area contributed by atoms with Gasteiger partial charge in [-0.2, -0.15) is 0 Å². The van der Waals surface area contributed by atoms with Crippen molar-refractivity contribution in [1.82, 2.24) is 0 Å². The smallest absolute Gasteiger partial charge is 0.118 e. The molecule has 0 aliphatic carbocycles. The van der Waals surface area contributed by atoms with Crippen LogP contribution in [0.25, 0.3) is 6.08 Å². The van der Waals surface area contributed by atoms with Crippen LogP contribution in [0.5, 0.6) is 5.75 Å². The Balaban J connectivity index is 2.73. The van der Waals surface area contributed by atoms with Crippen LogP contribution in [0.3, 0.4) is 0 Å². The largest absolute Gasteiger partial charge is 0.508 e. The zero-order valence-electron chi connectivity index (χ0n) is 7.83. The van der Waals surface area contributed by atoms with Gasteiger partial charge in [-0.1, -0.05) is 18.2 Å². The summed E-state index contributed by atoms with van der Waals surface area (Å²) in [6, 6.07) is 5.54. The molecule has 0 heterocycles. The van der Waals surface area contributed by atoms with Gasteiger partial charge in [0.25, 0.3) is 0 Å². The SMILES string of the molecule is Cc1cc(C=CCCN)ccc1O. The van der Waals surface area contributed by atoms with Gasteiger partial charge in [0.1, 0.15) is 5.75 Å². The number of phenolic OH excluding ortho intramolecular Hbond substituents is 1. The fourth-order valence-electron chi connectivity index (χ4n) is 1.10. The van der Waals surface area contributed by atoms with Crippen molar-refractivity contribution in [2.75, 3.05) is 6.54 Å². The molecule has 70 valence electrons. The molecule has 0 saturated carbocycles. The lowest BCUT2D eigenvalue weighted by Crippen LogP contribution is -1.94. The van der Waals surface area contributed by atoms with Crippen molar-refractivity contribution < 1.29 is 5.11 Å². The van der Waals surface area contributed by atoms with Crippen LogP contribution in [0.15, 0.2) is 24.3 Å². The third kappa shape index (κ3) is 2.92. The molecule has 0 bridgehead atoms. The van der Waals surface area contributed by atoms with Gasteiger partial charge in [0.15, 0.2) is 0 Å². The molecule has 3 N–H and O–H groups in total. The molecule has 1 aromatic carbocycles. The van der Waals surface area contributed by atoms with Crippen LogP contribution in [0.4, 0.5) is 0 Å². The maximum atomic E-state index is 9.27. The Labute approximate surface area is 78.7 Å². The molecule has 0 amide bonds. The predicted octanol–water partition coefficient (Wildman–Crippen LogP) is 2.06. The lowest BCUT2D eigenvalue weighted by molar-refractivity contribution is 0.471. The Kier molecular flexibility index (Phi) is 3.53. The Morgan fingerprint density at radius 1 is 1.46 bits per heavy atom. The Hall–Kier alpha value is -1.28. The zero-order valence-corrected chi connectivity index (χ0v) is 7.83. The minimum Gasteiger partial charge on any atom is -0.508 e. The van der Waals surface area contributed by atoms with Gasteiger partial charge in [-0.25, -0.2) is 0 Å². The summed E-state index contributed by atoms with van der Waals surface area (Å²) < 4.78 is 0. The van der Waals surface area contributed by atoms with E-state index in [1.807, 2.05) is 31.2 Å². The van der Waals surface area contributed by atoms with E-state index in [4.69, 9.17) is 5.73 Å². The van der Waals surface area contributed by atoms with Gasteiger partial charge >= 0.3 is 0 Å². The van der Waals surface area contributed by atoms with E-state index in [2.05, 4.69) is 0 Å². The maximum Gasteiger partial charge on any atom is 0.118 e. The summed E-state index contributed by atoms with van der Waals surface area (Å²) in [7, 11) is 0. The van der Waals surface area contributed by atoms with Crippen LogP contribution in [0.2, 0.25) is 0 Å². The van der Waals surface area contributed by atoms with E-state index in [1.165, 1.54) is 0 Å². The number of rotatable bonds is 3. The van der Waals surface area contributed by atoms with Gasteiger partial charge in [0.2, 0.25) is 0 Å². The molecular formula is C11H15NO. The van der Waals surface area contributed by atoms with Gasteiger partial charge < -0.3 is 10.8 Å². The van der Waals surface area contributed by atoms with Gasteiger partial charge in [0, 0.05) is 0 Å². The molecule has 0 fully saturated rings. The first-order valence-corrected chi connectivity index (χ1v) is 4.40. The number of phenols is 1. The summed E-state index contributed by atoms with van der Waals surface area (Å²) in [6.45, 7) is 2.56. The third-order valence-corrected chi connectivity index (χ3v) is 1.86. The summed E-state index contributed by atoms with van der Waals surface area (Å²) >= 11 is 0. The normalized spacial score (nSPS) is 10.9. The lowest BCUT2D eigenvalue weighted by Gasteiger charge is -1.99. The molecule has 0 aliphatic heterocycles. The highest BCUT2D eigenvalue weighted by Gasteiger charge is 1.94. The van der Waals surface area contributed by atoms with Gasteiger partial charge in [-0.3, -0.25) is 0 Å². The molecule has 0 radical (unpaired) electrons. The number of nitrogens with two attached hydrogens (primary N) is 1. The quantitative estimate of drug-likeness (QED) is 0.742. The highest BCUT2D eigenvalue weighted by atomic mass is 16.3. The Bertz CT molecular complexity index is 305. The molecule has 0 atom stereocenters. The van der Waals surface area contributed by atoms with Crippen LogP contribution in [-0.4, -0.2) is 11.7 Å². The molecule has 0 saturated heterocycles. The number of hydrogen-bond donors (Lipinski definition) is 2. The number of benzene rings is 1. The van der Waals surface area contributed by atoms with Gasteiger partial charge in [-0.05, 0) is 43.1 Å². The van der Waals surface area contributed by atoms with E-state index in [1.54, 1.807) is 6.07 Å². The number of aromatic hydroxyl groups is 1. The topological polar surface area (TPSA) is 46.2 Å². The summed E-state index contributed by atoms with van der Waals surface area (Å²) in [5.41, 5.74) is 7.35. The fraction of sp³-hybridized carbons (Fsp3) is 0.273. The second-order valence-corrected chi connectivity index (χ2v) is 3.03. The molecule has 2 nitrogen and oxygen atoms in total. The van der Waals surface area contributed by atoms with Crippen LogP contribution in [0.1, 0.15) is 17.5 Å². The molecular weight excluding hydrogens is 162 g/mol. The van der Waals surface area contributed by atoms with Crippen molar-refractivity contribution in [3.8, 4) is 5.75 Å². The van der Waals surface area contributed by atoms with E-state index >= 15 is 0 Å². The predicted molar refractivity (Wildman–Crippen MR) is 55.5 cm³/mol. The van der Waals surface area contributed by atoms with Crippen LogP contribution in [0, 0.1) is 6.92 Å². The minimum atomic E-state index is 0.343. The van der Waals surface area contributed by atoms with Crippen molar-refractivity contribution in [2.24, 2.45) is 5.73 Å². The number of hydrogen-bond acceptors (Lipinski definition) is 2. The average molecular weight is 177 g/mol. The maximum absolute atomic E-state index is 9.27. The van der Waals surface area contributed by atoms with E-state index in [-0.39, 0.29) is 0 Å². The first-order valence-electron chi connectivity index (χ1n) is 4.40. The average Bonchev–Trinajstić information content (AvgIpc) is 2.12. The lowest BCUT2D eigenvalue weighted by atomic mass is 10.1. The summed E-state index contributed by atoms with van der Waals surface area (Å²) in [4.78, 5) is 0. The van der Waals surface area contributed by atoms with E-state index in [9.17, 15) is 5.11 Å². The van der Waals surface area contributed by atoms with Gasteiger partial charge in [-0.15, -0.1) is 0 Å². The van der Waals surface area contributed by atoms with Crippen molar-refractivity contribution in [1.29, 1.82) is 0 Å². The molecule has 2 heteroatoms. The molecule has 1 aromatic rings. The summed E-state index contributed by atoms with van der Waals surface area (Å²) in [5, 5.41) is 9.27. The second-order valence-electron chi connectivity index (χ2n) is 3.03. The van der Waals surface area contributed by atoms with Crippen LogP contribution in [-0.2, 0) is 0 Å². The van der Waals surface area contributed by atoms with Crippen molar-refractivity contribution in [3.63, 3.8) is 0 Å². The van der Waals surface area contributed by atoms with Crippen molar-refractivity contribution in [3.05, 3.63) is 35.4 Å². The first-order chi connectivity index (χ1) is 6.24. The number of aryl methyl sites for hydroxylation is 1. The van der Waals surface area contributed by atoms with Crippen molar-refractivity contribution in [2.45, 2.75) is 13.3 Å².